The number of nitrogens with zero attached hydrogens (tertiary/aromatic N) is 2. The molecule has 2 aromatic heterocycles. The predicted molar refractivity (Wildman–Crippen MR) is 137 cm³/mol. The van der Waals surface area contributed by atoms with Crippen molar-refractivity contribution in [3.05, 3.63) is 88.4 Å². The van der Waals surface area contributed by atoms with Gasteiger partial charge in [-0.15, -0.1) is 16.4 Å². The van der Waals surface area contributed by atoms with E-state index in [0.29, 0.717) is 34.1 Å². The van der Waals surface area contributed by atoms with Crippen LogP contribution in [0.15, 0.2) is 54.6 Å². The maximum absolute atomic E-state index is 14.4. The standard InChI is InChI=1S/C26H26FN5OS/c1-4-19-23(25(33)30-22-13-8-16(3)31-32-22)26(29-14-20-15(2)6-5-7-21(20)27)34-24(19)17-9-11-18(28)12-10-17/h5-13,29H,4,14,28H2,1-3H3,(H,30,32,33). The van der Waals surface area contributed by atoms with Crippen LogP contribution in [-0.2, 0) is 13.0 Å². The number of amides is 1. The van der Waals surface area contributed by atoms with Crippen molar-refractivity contribution >= 4 is 33.8 Å². The Labute approximate surface area is 202 Å². The number of hydrogen-bond acceptors (Lipinski definition) is 6. The van der Waals surface area contributed by atoms with Crippen LogP contribution in [0.25, 0.3) is 10.4 Å². The second kappa shape index (κ2) is 10.0. The van der Waals surface area contributed by atoms with E-state index in [-0.39, 0.29) is 18.3 Å². The lowest BCUT2D eigenvalue weighted by molar-refractivity contribution is 0.102. The van der Waals surface area contributed by atoms with Crippen LogP contribution in [-0.4, -0.2) is 16.1 Å². The number of nitrogens with two attached hydrogens (primary N) is 1. The van der Waals surface area contributed by atoms with Crippen molar-refractivity contribution in [2.24, 2.45) is 0 Å². The number of carbonyl (C=O) groups excluding carboxylic acids is 1. The number of rotatable bonds is 7. The van der Waals surface area contributed by atoms with Crippen molar-refractivity contribution in [3.8, 4) is 10.4 Å². The summed E-state index contributed by atoms with van der Waals surface area (Å²) in [6.45, 7) is 5.97. The van der Waals surface area contributed by atoms with E-state index in [1.165, 1.54) is 17.4 Å². The molecule has 0 aliphatic heterocycles. The smallest absolute Gasteiger partial charge is 0.260 e. The monoisotopic (exact) mass is 475 g/mol. The fourth-order valence-corrected chi connectivity index (χ4v) is 5.03. The Hall–Kier alpha value is -3.78. The van der Waals surface area contributed by atoms with Gasteiger partial charge in [0.15, 0.2) is 5.82 Å². The highest BCUT2D eigenvalue weighted by molar-refractivity contribution is 7.20. The quantitative estimate of drug-likeness (QED) is 0.286. The molecule has 6 nitrogen and oxygen atoms in total. The third-order valence-corrected chi connectivity index (χ3v) is 6.82. The van der Waals surface area contributed by atoms with Gasteiger partial charge >= 0.3 is 0 Å². The van der Waals surface area contributed by atoms with Gasteiger partial charge in [0.25, 0.3) is 5.91 Å². The van der Waals surface area contributed by atoms with Gasteiger partial charge in [-0.2, -0.15) is 5.10 Å². The second-order valence-electron chi connectivity index (χ2n) is 7.99. The molecule has 34 heavy (non-hydrogen) atoms. The van der Waals surface area contributed by atoms with Gasteiger partial charge < -0.3 is 16.4 Å². The van der Waals surface area contributed by atoms with E-state index in [1.807, 2.05) is 51.1 Å². The van der Waals surface area contributed by atoms with Gasteiger partial charge in [0.1, 0.15) is 10.8 Å². The molecule has 4 N–H and O–H groups in total. The third-order valence-electron chi connectivity index (χ3n) is 5.58. The molecule has 4 rings (SSSR count). The first-order valence-electron chi connectivity index (χ1n) is 11.0. The minimum Gasteiger partial charge on any atom is -0.399 e. The highest BCUT2D eigenvalue weighted by atomic mass is 32.1. The number of halogens is 1. The van der Waals surface area contributed by atoms with E-state index in [1.54, 1.807) is 18.2 Å². The summed E-state index contributed by atoms with van der Waals surface area (Å²) in [5.41, 5.74) is 11.1. The number of nitrogens with one attached hydrogen (secondary N) is 2. The summed E-state index contributed by atoms with van der Waals surface area (Å²) in [4.78, 5) is 14.4. The minimum atomic E-state index is -0.291. The number of hydrogen-bond donors (Lipinski definition) is 3. The highest BCUT2D eigenvalue weighted by Crippen LogP contribution is 2.41. The molecule has 0 aliphatic rings. The molecule has 0 fully saturated rings. The van der Waals surface area contributed by atoms with Crippen LogP contribution in [0.3, 0.4) is 0 Å². The minimum absolute atomic E-state index is 0.258. The van der Waals surface area contributed by atoms with Crippen molar-refractivity contribution in [2.45, 2.75) is 33.7 Å². The number of aromatic nitrogens is 2. The van der Waals surface area contributed by atoms with E-state index in [4.69, 9.17) is 5.73 Å². The number of anilines is 3. The van der Waals surface area contributed by atoms with Gasteiger partial charge in [0.05, 0.1) is 11.3 Å². The van der Waals surface area contributed by atoms with Gasteiger partial charge in [-0.3, -0.25) is 4.79 Å². The topological polar surface area (TPSA) is 92.9 Å². The van der Waals surface area contributed by atoms with E-state index in [0.717, 1.165) is 27.3 Å². The van der Waals surface area contributed by atoms with Gasteiger partial charge in [-0.05, 0) is 67.3 Å². The summed E-state index contributed by atoms with van der Waals surface area (Å²) in [5, 5.41) is 14.9. The molecular formula is C26H26FN5OS. The molecule has 0 saturated heterocycles. The van der Waals surface area contributed by atoms with Crippen molar-refractivity contribution in [1.82, 2.24) is 10.2 Å². The Morgan fingerprint density at radius 1 is 1.03 bits per heavy atom. The lowest BCUT2D eigenvalue weighted by Crippen LogP contribution is -2.16. The Morgan fingerprint density at radius 3 is 2.44 bits per heavy atom. The largest absolute Gasteiger partial charge is 0.399 e. The summed E-state index contributed by atoms with van der Waals surface area (Å²) >= 11 is 1.47. The molecule has 4 aromatic rings. The number of carbonyl (C=O) groups is 1. The van der Waals surface area contributed by atoms with Crippen LogP contribution in [0, 0.1) is 19.7 Å². The molecule has 8 heteroatoms. The molecule has 0 spiro atoms. The van der Waals surface area contributed by atoms with Crippen molar-refractivity contribution < 1.29 is 9.18 Å². The summed E-state index contributed by atoms with van der Waals surface area (Å²) in [6, 6.07) is 16.1. The van der Waals surface area contributed by atoms with Crippen LogP contribution < -0.4 is 16.4 Å². The average Bonchev–Trinajstić information content (AvgIpc) is 3.19. The van der Waals surface area contributed by atoms with Crippen molar-refractivity contribution in [2.75, 3.05) is 16.4 Å². The number of benzene rings is 2. The van der Waals surface area contributed by atoms with Crippen LogP contribution in [0.5, 0.6) is 0 Å². The zero-order valence-electron chi connectivity index (χ0n) is 19.3. The summed E-state index contributed by atoms with van der Waals surface area (Å²) in [6.07, 6.45) is 0.638. The van der Waals surface area contributed by atoms with E-state index in [2.05, 4.69) is 20.8 Å². The molecule has 0 unspecified atom stereocenters. The normalized spacial score (nSPS) is 10.8. The van der Waals surface area contributed by atoms with Crippen LogP contribution in [0.4, 0.5) is 20.9 Å². The van der Waals surface area contributed by atoms with Crippen LogP contribution in [0.2, 0.25) is 0 Å². The van der Waals surface area contributed by atoms with Crippen molar-refractivity contribution in [3.63, 3.8) is 0 Å². The van der Waals surface area contributed by atoms with Gasteiger partial charge in [0.2, 0.25) is 0 Å². The van der Waals surface area contributed by atoms with Gasteiger partial charge in [-0.25, -0.2) is 4.39 Å². The number of nitrogen functional groups attached to an aromatic ring is 1. The first kappa shape index (κ1) is 23.4. The fraction of sp³-hybridized carbons (Fsp3) is 0.192. The lowest BCUT2D eigenvalue weighted by atomic mass is 10.0. The van der Waals surface area contributed by atoms with Gasteiger partial charge in [-0.1, -0.05) is 31.2 Å². The first-order chi connectivity index (χ1) is 16.4. The zero-order chi connectivity index (χ0) is 24.2. The van der Waals surface area contributed by atoms with E-state index < -0.39 is 0 Å². The van der Waals surface area contributed by atoms with Gasteiger partial charge in [0, 0.05) is 22.7 Å². The van der Waals surface area contributed by atoms with Crippen LogP contribution >= 0.6 is 11.3 Å². The Bertz CT molecular complexity index is 1300. The van der Waals surface area contributed by atoms with E-state index >= 15 is 0 Å². The average molecular weight is 476 g/mol. The molecule has 2 aromatic carbocycles. The Morgan fingerprint density at radius 2 is 1.79 bits per heavy atom. The molecule has 2 heterocycles. The Kier molecular flexibility index (Phi) is 6.88. The maximum Gasteiger partial charge on any atom is 0.260 e. The summed E-state index contributed by atoms with van der Waals surface area (Å²) < 4.78 is 14.4. The molecule has 0 aliphatic carbocycles. The first-order valence-corrected chi connectivity index (χ1v) is 11.8. The maximum atomic E-state index is 14.4. The second-order valence-corrected chi connectivity index (χ2v) is 9.01. The molecule has 0 radical (unpaired) electrons. The molecule has 1 amide bonds. The highest BCUT2D eigenvalue weighted by Gasteiger charge is 2.24. The SMILES string of the molecule is CCc1c(-c2ccc(N)cc2)sc(NCc2c(C)cccc2F)c1C(=O)Nc1ccc(C)nn1. The van der Waals surface area contributed by atoms with Crippen LogP contribution in [0.1, 0.15) is 39.7 Å². The van der Waals surface area contributed by atoms with E-state index in [9.17, 15) is 9.18 Å². The lowest BCUT2D eigenvalue weighted by Gasteiger charge is -2.12. The third kappa shape index (κ3) is 4.92. The molecular weight excluding hydrogens is 449 g/mol. The van der Waals surface area contributed by atoms with Crippen molar-refractivity contribution in [1.29, 1.82) is 0 Å². The summed E-state index contributed by atoms with van der Waals surface area (Å²) in [5.74, 6) is -0.200. The Balaban J connectivity index is 1.75. The molecule has 0 atom stereocenters. The number of aryl methyl sites for hydroxylation is 2. The number of thiophene rings is 1. The summed E-state index contributed by atoms with van der Waals surface area (Å²) in [7, 11) is 0. The molecule has 0 bridgehead atoms. The molecule has 174 valence electrons. The zero-order valence-corrected chi connectivity index (χ0v) is 20.1. The molecule has 0 saturated carbocycles. The fourth-order valence-electron chi connectivity index (χ4n) is 3.74. The predicted octanol–water partition coefficient (Wildman–Crippen LogP) is 5.97.